The van der Waals surface area contributed by atoms with E-state index >= 15 is 0 Å². The van der Waals surface area contributed by atoms with Gasteiger partial charge in [0.05, 0.1) is 7.11 Å². The highest BCUT2D eigenvalue weighted by atomic mass is 16.5. The molecule has 15 heavy (non-hydrogen) atoms. The zero-order valence-corrected chi connectivity index (χ0v) is 9.92. The van der Waals surface area contributed by atoms with Crippen LogP contribution in [0.1, 0.15) is 38.7 Å². The first kappa shape index (κ1) is 10.3. The van der Waals surface area contributed by atoms with Crippen LogP contribution in [0.2, 0.25) is 0 Å². The average molecular weight is 205 g/mol. The summed E-state index contributed by atoms with van der Waals surface area (Å²) in [5.41, 5.74) is 2.80. The Hall–Kier alpha value is -1.18. The van der Waals surface area contributed by atoms with E-state index in [1.165, 1.54) is 17.7 Å². The molecule has 0 saturated carbocycles. The van der Waals surface area contributed by atoms with E-state index in [1.54, 1.807) is 7.11 Å². The number of hydrogen-bond donors (Lipinski definition) is 1. The van der Waals surface area contributed by atoms with E-state index in [-0.39, 0.29) is 5.54 Å². The van der Waals surface area contributed by atoms with E-state index in [2.05, 4.69) is 38.2 Å². The van der Waals surface area contributed by atoms with Crippen LogP contribution in [-0.2, 0) is 0 Å². The summed E-state index contributed by atoms with van der Waals surface area (Å²) >= 11 is 0. The van der Waals surface area contributed by atoms with Gasteiger partial charge in [0.25, 0.3) is 0 Å². The fraction of sp³-hybridized carbons (Fsp3) is 0.538. The normalized spacial score (nSPS) is 22.8. The molecule has 1 aromatic carbocycles. The largest absolute Gasteiger partial charge is 0.497 e. The molecule has 1 aliphatic rings. The van der Waals surface area contributed by atoms with E-state index in [1.807, 2.05) is 6.07 Å². The first-order chi connectivity index (χ1) is 7.02. The fourth-order valence-corrected chi connectivity index (χ4v) is 2.49. The molecule has 2 rings (SSSR count). The second kappa shape index (κ2) is 3.44. The van der Waals surface area contributed by atoms with E-state index in [0.29, 0.717) is 5.92 Å². The molecule has 1 aromatic rings. The molecular weight excluding hydrogens is 186 g/mol. The van der Waals surface area contributed by atoms with Gasteiger partial charge in [0.15, 0.2) is 0 Å². The summed E-state index contributed by atoms with van der Waals surface area (Å²) in [6, 6.07) is 6.29. The molecule has 0 aliphatic carbocycles. The van der Waals surface area contributed by atoms with Gasteiger partial charge in [-0.2, -0.15) is 0 Å². The van der Waals surface area contributed by atoms with Crippen molar-refractivity contribution in [2.24, 2.45) is 0 Å². The number of ether oxygens (including phenoxy) is 1. The molecule has 2 nitrogen and oxygen atoms in total. The molecule has 0 bridgehead atoms. The van der Waals surface area contributed by atoms with Crippen LogP contribution >= 0.6 is 0 Å². The summed E-state index contributed by atoms with van der Waals surface area (Å²) in [7, 11) is 1.71. The smallest absolute Gasteiger partial charge is 0.120 e. The zero-order chi connectivity index (χ0) is 11.1. The summed E-state index contributed by atoms with van der Waals surface area (Å²) in [6.07, 6.45) is 1.17. The highest BCUT2D eigenvalue weighted by Gasteiger charge is 2.29. The third-order valence-corrected chi connectivity index (χ3v) is 3.08. The first-order valence-corrected chi connectivity index (χ1v) is 5.48. The molecule has 1 N–H and O–H groups in total. The number of rotatable bonds is 1. The van der Waals surface area contributed by atoms with Crippen molar-refractivity contribution < 1.29 is 4.74 Å². The number of methoxy groups -OCH3 is 1. The van der Waals surface area contributed by atoms with Gasteiger partial charge in [0, 0.05) is 17.3 Å². The SMILES string of the molecule is COc1ccc2c(c1)NC(C)(C)C[C@@H]2C. The summed E-state index contributed by atoms with van der Waals surface area (Å²) in [4.78, 5) is 0. The maximum Gasteiger partial charge on any atom is 0.120 e. The maximum atomic E-state index is 5.24. The minimum Gasteiger partial charge on any atom is -0.497 e. The van der Waals surface area contributed by atoms with Crippen molar-refractivity contribution in [1.82, 2.24) is 0 Å². The molecule has 1 aliphatic heterocycles. The number of nitrogens with one attached hydrogen (secondary N) is 1. The van der Waals surface area contributed by atoms with Gasteiger partial charge >= 0.3 is 0 Å². The fourth-order valence-electron chi connectivity index (χ4n) is 2.49. The summed E-state index contributed by atoms with van der Waals surface area (Å²) < 4.78 is 5.24. The Balaban J connectivity index is 2.42. The Morgan fingerprint density at radius 3 is 2.80 bits per heavy atom. The number of anilines is 1. The van der Waals surface area contributed by atoms with E-state index in [0.717, 1.165) is 5.75 Å². The molecule has 0 radical (unpaired) electrons. The quantitative estimate of drug-likeness (QED) is 0.758. The van der Waals surface area contributed by atoms with Crippen LogP contribution in [0, 0.1) is 0 Å². The van der Waals surface area contributed by atoms with E-state index in [4.69, 9.17) is 4.74 Å². The number of fused-ring (bicyclic) bond motifs is 1. The topological polar surface area (TPSA) is 21.3 Å². The van der Waals surface area contributed by atoms with Gasteiger partial charge in [-0.05, 0) is 37.8 Å². The lowest BCUT2D eigenvalue weighted by atomic mass is 9.82. The molecule has 82 valence electrons. The molecule has 2 heteroatoms. The van der Waals surface area contributed by atoms with Crippen LogP contribution in [0.5, 0.6) is 5.75 Å². The van der Waals surface area contributed by atoms with Gasteiger partial charge in [-0.1, -0.05) is 13.0 Å². The standard InChI is InChI=1S/C13H19NO/c1-9-8-13(2,3)14-12-7-10(15-4)5-6-11(9)12/h5-7,9,14H,8H2,1-4H3/t9-/m0/s1. The monoisotopic (exact) mass is 205 g/mol. The second-order valence-electron chi connectivity index (χ2n) is 5.07. The van der Waals surface area contributed by atoms with Crippen molar-refractivity contribution in [1.29, 1.82) is 0 Å². The van der Waals surface area contributed by atoms with Crippen LogP contribution in [0.25, 0.3) is 0 Å². The van der Waals surface area contributed by atoms with E-state index in [9.17, 15) is 0 Å². The summed E-state index contributed by atoms with van der Waals surface area (Å²) in [6.45, 7) is 6.77. The first-order valence-electron chi connectivity index (χ1n) is 5.48. The van der Waals surface area contributed by atoms with Crippen molar-refractivity contribution in [2.75, 3.05) is 12.4 Å². The second-order valence-corrected chi connectivity index (χ2v) is 5.07. The molecule has 0 saturated heterocycles. The Bertz CT molecular complexity index is 371. The van der Waals surface area contributed by atoms with Crippen LogP contribution in [-0.4, -0.2) is 12.6 Å². The Morgan fingerprint density at radius 1 is 1.40 bits per heavy atom. The molecule has 0 spiro atoms. The molecule has 0 aromatic heterocycles. The lowest BCUT2D eigenvalue weighted by Crippen LogP contribution is -2.36. The Kier molecular flexibility index (Phi) is 2.37. The molecule has 0 unspecified atom stereocenters. The van der Waals surface area contributed by atoms with Crippen molar-refractivity contribution >= 4 is 5.69 Å². The Labute approximate surface area is 91.6 Å². The number of hydrogen-bond acceptors (Lipinski definition) is 2. The lowest BCUT2D eigenvalue weighted by molar-refractivity contribution is 0.412. The van der Waals surface area contributed by atoms with Crippen LogP contribution in [0.3, 0.4) is 0 Å². The van der Waals surface area contributed by atoms with Gasteiger partial charge in [0.1, 0.15) is 5.75 Å². The minimum atomic E-state index is 0.179. The van der Waals surface area contributed by atoms with Crippen LogP contribution < -0.4 is 10.1 Å². The van der Waals surface area contributed by atoms with Crippen molar-refractivity contribution in [3.63, 3.8) is 0 Å². The average Bonchev–Trinajstić information content (AvgIpc) is 2.14. The zero-order valence-electron chi connectivity index (χ0n) is 9.92. The predicted octanol–water partition coefficient (Wildman–Crippen LogP) is 3.39. The van der Waals surface area contributed by atoms with Gasteiger partial charge < -0.3 is 10.1 Å². The van der Waals surface area contributed by atoms with Crippen LogP contribution in [0.4, 0.5) is 5.69 Å². The van der Waals surface area contributed by atoms with Crippen molar-refractivity contribution in [3.05, 3.63) is 23.8 Å². The highest BCUT2D eigenvalue weighted by Crippen LogP contribution is 2.39. The third kappa shape index (κ3) is 1.94. The Morgan fingerprint density at radius 2 is 2.13 bits per heavy atom. The van der Waals surface area contributed by atoms with Gasteiger partial charge in [0.2, 0.25) is 0 Å². The molecule has 0 fully saturated rings. The summed E-state index contributed by atoms with van der Waals surface area (Å²) in [5, 5.41) is 3.56. The van der Waals surface area contributed by atoms with Gasteiger partial charge in [-0.3, -0.25) is 0 Å². The lowest BCUT2D eigenvalue weighted by Gasteiger charge is -2.37. The third-order valence-electron chi connectivity index (χ3n) is 3.08. The number of benzene rings is 1. The van der Waals surface area contributed by atoms with Crippen molar-refractivity contribution in [2.45, 2.75) is 38.6 Å². The predicted molar refractivity (Wildman–Crippen MR) is 63.7 cm³/mol. The van der Waals surface area contributed by atoms with E-state index < -0.39 is 0 Å². The molecule has 0 amide bonds. The molecular formula is C13H19NO. The molecule has 1 atom stereocenters. The van der Waals surface area contributed by atoms with Crippen molar-refractivity contribution in [3.8, 4) is 5.75 Å². The van der Waals surface area contributed by atoms with Gasteiger partial charge in [-0.25, -0.2) is 0 Å². The van der Waals surface area contributed by atoms with Gasteiger partial charge in [-0.15, -0.1) is 0 Å². The maximum absolute atomic E-state index is 5.24. The minimum absolute atomic E-state index is 0.179. The summed E-state index contributed by atoms with van der Waals surface area (Å²) in [5.74, 6) is 1.54. The van der Waals surface area contributed by atoms with Crippen LogP contribution in [0.15, 0.2) is 18.2 Å². The highest BCUT2D eigenvalue weighted by molar-refractivity contribution is 5.59. The molecule has 1 heterocycles.